The van der Waals surface area contributed by atoms with Gasteiger partial charge >= 0.3 is 0 Å². The molecule has 1 amide bonds. The van der Waals surface area contributed by atoms with Gasteiger partial charge in [-0.2, -0.15) is 0 Å². The summed E-state index contributed by atoms with van der Waals surface area (Å²) in [4.78, 5) is 16.5. The second kappa shape index (κ2) is 5.50. The van der Waals surface area contributed by atoms with Crippen LogP contribution in [0.15, 0.2) is 18.3 Å². The van der Waals surface area contributed by atoms with Gasteiger partial charge < -0.3 is 14.8 Å². The molecule has 0 aromatic carbocycles. The number of methoxy groups -OCH3 is 1. The minimum atomic E-state index is -0.0490. The molecule has 0 unspecified atom stereocenters. The molecule has 0 radical (unpaired) electrons. The molecule has 1 saturated heterocycles. The number of aromatic nitrogens is 1. The van der Waals surface area contributed by atoms with E-state index in [1.165, 1.54) is 0 Å². The highest BCUT2D eigenvalue weighted by atomic mass is 16.5. The van der Waals surface area contributed by atoms with Gasteiger partial charge in [-0.3, -0.25) is 9.78 Å². The second-order valence-electron chi connectivity index (χ2n) is 5.54. The number of pyridine rings is 1. The molecular weight excluding hydrogens is 256 g/mol. The lowest BCUT2D eigenvalue weighted by Crippen LogP contribution is -2.62. The number of carbonyl (C=O) groups is 1. The van der Waals surface area contributed by atoms with Gasteiger partial charge in [-0.25, -0.2) is 0 Å². The van der Waals surface area contributed by atoms with Crippen molar-refractivity contribution in [1.29, 1.82) is 0 Å². The zero-order chi connectivity index (χ0) is 14.1. The number of nitrogens with one attached hydrogen (secondary N) is 1. The Labute approximate surface area is 118 Å². The van der Waals surface area contributed by atoms with Gasteiger partial charge in [0.2, 0.25) is 0 Å². The summed E-state index contributed by atoms with van der Waals surface area (Å²) in [6.07, 6.45) is 2.96. The number of rotatable bonds is 4. The number of amides is 1. The molecular formula is C15H20N2O3. The van der Waals surface area contributed by atoms with Gasteiger partial charge in [-0.1, -0.05) is 0 Å². The van der Waals surface area contributed by atoms with E-state index in [0.717, 1.165) is 18.7 Å². The van der Waals surface area contributed by atoms with Crippen LogP contribution in [0, 0.1) is 18.8 Å². The summed E-state index contributed by atoms with van der Waals surface area (Å²) in [6.45, 7) is 3.26. The van der Waals surface area contributed by atoms with Gasteiger partial charge in [-0.05, 0) is 25.5 Å². The van der Waals surface area contributed by atoms with Crippen LogP contribution < -0.4 is 5.32 Å². The number of hydrogen-bond donors (Lipinski definition) is 1. The third-order valence-electron chi connectivity index (χ3n) is 4.44. The van der Waals surface area contributed by atoms with Crippen molar-refractivity contribution in [3.8, 4) is 0 Å². The number of fused-ring (bicyclic) bond motifs is 1. The first-order valence-corrected chi connectivity index (χ1v) is 7.05. The Kier molecular flexibility index (Phi) is 3.72. The fourth-order valence-electron chi connectivity index (χ4n) is 3.39. The van der Waals surface area contributed by atoms with Crippen LogP contribution in [0.2, 0.25) is 0 Å². The molecule has 108 valence electrons. The monoisotopic (exact) mass is 276 g/mol. The van der Waals surface area contributed by atoms with E-state index in [2.05, 4.69) is 10.3 Å². The summed E-state index contributed by atoms with van der Waals surface area (Å²) < 4.78 is 11.0. The van der Waals surface area contributed by atoms with E-state index in [-0.39, 0.29) is 24.0 Å². The molecule has 0 spiro atoms. The standard InChI is InChI=1S/C15H20N2O3/c1-9-10(4-3-6-16-9)15(18)17-13-11-5-7-20-14(11)12(13)8-19-2/h3-4,6,11-14H,5,7-8H2,1-2H3,(H,17,18)/t11-,12+,13-,14-/m1/s1. The van der Waals surface area contributed by atoms with Crippen LogP contribution in [-0.4, -0.2) is 43.4 Å². The van der Waals surface area contributed by atoms with E-state index in [9.17, 15) is 4.79 Å². The SMILES string of the molecule is COC[C@H]1[C@H](NC(=O)c2cccnc2C)[C@H]2CCO[C@H]21. The van der Waals surface area contributed by atoms with Crippen molar-refractivity contribution in [2.75, 3.05) is 20.3 Å². The normalized spacial score (nSPS) is 31.5. The summed E-state index contributed by atoms with van der Waals surface area (Å²) in [7, 11) is 1.69. The summed E-state index contributed by atoms with van der Waals surface area (Å²) in [6, 6.07) is 3.75. The van der Waals surface area contributed by atoms with Gasteiger partial charge in [0.25, 0.3) is 5.91 Å². The number of nitrogens with zero attached hydrogens (tertiary/aromatic N) is 1. The van der Waals surface area contributed by atoms with Crippen molar-refractivity contribution < 1.29 is 14.3 Å². The van der Waals surface area contributed by atoms with Crippen molar-refractivity contribution >= 4 is 5.91 Å². The lowest BCUT2D eigenvalue weighted by atomic mass is 9.67. The molecule has 1 N–H and O–H groups in total. The number of aryl methyl sites for hydroxylation is 1. The Bertz CT molecular complexity index is 506. The highest BCUT2D eigenvalue weighted by molar-refractivity contribution is 5.95. The number of carbonyl (C=O) groups excluding carboxylic acids is 1. The van der Waals surface area contributed by atoms with Gasteiger partial charge in [0, 0.05) is 43.5 Å². The van der Waals surface area contributed by atoms with Crippen LogP contribution in [0.3, 0.4) is 0 Å². The maximum Gasteiger partial charge on any atom is 0.253 e. The molecule has 2 fully saturated rings. The molecule has 1 aromatic rings. The highest BCUT2D eigenvalue weighted by Gasteiger charge is 2.54. The average Bonchev–Trinajstić information content (AvgIpc) is 2.87. The zero-order valence-corrected chi connectivity index (χ0v) is 11.8. The molecule has 2 aliphatic rings. The summed E-state index contributed by atoms with van der Waals surface area (Å²) in [5.41, 5.74) is 1.40. The predicted molar refractivity (Wildman–Crippen MR) is 73.4 cm³/mol. The minimum Gasteiger partial charge on any atom is -0.384 e. The number of ether oxygens (including phenoxy) is 2. The third kappa shape index (κ3) is 2.21. The van der Waals surface area contributed by atoms with E-state index >= 15 is 0 Å². The van der Waals surface area contributed by atoms with E-state index in [4.69, 9.17) is 9.47 Å². The minimum absolute atomic E-state index is 0.0490. The van der Waals surface area contributed by atoms with Crippen LogP contribution in [0.4, 0.5) is 0 Å². The fourth-order valence-corrected chi connectivity index (χ4v) is 3.39. The molecule has 1 aliphatic carbocycles. The fraction of sp³-hybridized carbons (Fsp3) is 0.600. The topological polar surface area (TPSA) is 60.5 Å². The highest BCUT2D eigenvalue weighted by Crippen LogP contribution is 2.43. The van der Waals surface area contributed by atoms with Crippen molar-refractivity contribution in [3.05, 3.63) is 29.6 Å². The van der Waals surface area contributed by atoms with Crippen molar-refractivity contribution in [2.24, 2.45) is 11.8 Å². The summed E-state index contributed by atoms with van der Waals surface area (Å²) in [5, 5.41) is 3.14. The van der Waals surface area contributed by atoms with Crippen molar-refractivity contribution in [1.82, 2.24) is 10.3 Å². The summed E-state index contributed by atoms with van der Waals surface area (Å²) in [5.74, 6) is 0.636. The van der Waals surface area contributed by atoms with Crippen LogP contribution in [0.5, 0.6) is 0 Å². The van der Waals surface area contributed by atoms with E-state index in [0.29, 0.717) is 18.1 Å². The molecule has 1 aromatic heterocycles. The van der Waals surface area contributed by atoms with Gasteiger partial charge in [0.1, 0.15) is 0 Å². The molecule has 5 heteroatoms. The molecule has 4 atom stereocenters. The van der Waals surface area contributed by atoms with Gasteiger partial charge in [-0.15, -0.1) is 0 Å². The Hall–Kier alpha value is -1.46. The maximum absolute atomic E-state index is 12.4. The average molecular weight is 276 g/mol. The first-order chi connectivity index (χ1) is 9.72. The van der Waals surface area contributed by atoms with Crippen molar-refractivity contribution in [2.45, 2.75) is 25.5 Å². The number of hydrogen-bond acceptors (Lipinski definition) is 4. The predicted octanol–water partition coefficient (Wildman–Crippen LogP) is 1.17. The van der Waals surface area contributed by atoms with Crippen LogP contribution in [0.1, 0.15) is 22.5 Å². The van der Waals surface area contributed by atoms with E-state index in [1.54, 1.807) is 19.4 Å². The van der Waals surface area contributed by atoms with Gasteiger partial charge in [0.15, 0.2) is 0 Å². The Morgan fingerprint density at radius 2 is 2.45 bits per heavy atom. The first kappa shape index (κ1) is 13.5. The first-order valence-electron chi connectivity index (χ1n) is 7.05. The maximum atomic E-state index is 12.4. The zero-order valence-electron chi connectivity index (χ0n) is 11.8. The third-order valence-corrected chi connectivity index (χ3v) is 4.44. The van der Waals surface area contributed by atoms with E-state index in [1.807, 2.05) is 13.0 Å². The van der Waals surface area contributed by atoms with Crippen molar-refractivity contribution in [3.63, 3.8) is 0 Å². The molecule has 1 aliphatic heterocycles. The van der Waals surface area contributed by atoms with E-state index < -0.39 is 0 Å². The largest absolute Gasteiger partial charge is 0.384 e. The van der Waals surface area contributed by atoms with Gasteiger partial charge in [0.05, 0.1) is 18.3 Å². The molecule has 1 saturated carbocycles. The van der Waals surface area contributed by atoms with Crippen LogP contribution in [-0.2, 0) is 9.47 Å². The van der Waals surface area contributed by atoms with Crippen LogP contribution in [0.25, 0.3) is 0 Å². The summed E-state index contributed by atoms with van der Waals surface area (Å²) >= 11 is 0. The molecule has 2 heterocycles. The lowest BCUT2D eigenvalue weighted by molar-refractivity contribution is -0.0809. The smallest absolute Gasteiger partial charge is 0.253 e. The second-order valence-corrected chi connectivity index (χ2v) is 5.54. The molecule has 20 heavy (non-hydrogen) atoms. The Morgan fingerprint density at radius 3 is 3.20 bits per heavy atom. The Balaban J connectivity index is 1.70. The van der Waals surface area contributed by atoms with Crippen LogP contribution >= 0.6 is 0 Å². The Morgan fingerprint density at radius 1 is 1.60 bits per heavy atom. The molecule has 5 nitrogen and oxygen atoms in total. The molecule has 0 bridgehead atoms. The molecule has 3 rings (SSSR count). The lowest BCUT2D eigenvalue weighted by Gasteiger charge is -2.47. The quantitative estimate of drug-likeness (QED) is 0.897.